The number of nitrogens with zero attached hydrogens (tertiary/aromatic N) is 1. The van der Waals surface area contributed by atoms with Crippen LogP contribution in [0.25, 0.3) is 10.8 Å². The molecule has 1 nitrogen and oxygen atoms in total. The molecule has 0 spiro atoms. The van der Waals surface area contributed by atoms with Gasteiger partial charge >= 0.3 is 0 Å². The van der Waals surface area contributed by atoms with E-state index in [4.69, 9.17) is 4.99 Å². The summed E-state index contributed by atoms with van der Waals surface area (Å²) < 4.78 is 0. The van der Waals surface area contributed by atoms with Gasteiger partial charge in [-0.05, 0) is 70.4 Å². The average Bonchev–Trinajstić information content (AvgIpc) is 2.65. The van der Waals surface area contributed by atoms with Gasteiger partial charge in [0.05, 0.1) is 11.1 Å². The van der Waals surface area contributed by atoms with Crippen molar-refractivity contribution in [2.45, 2.75) is 62.3 Å². The van der Waals surface area contributed by atoms with Crippen LogP contribution in [0.3, 0.4) is 0 Å². The largest absolute Gasteiger partial charge is 0.247 e. The summed E-state index contributed by atoms with van der Waals surface area (Å²) in [5, 5.41) is 5.59. The van der Waals surface area contributed by atoms with Gasteiger partial charge < -0.3 is 0 Å². The lowest BCUT2D eigenvalue weighted by molar-refractivity contribution is 0.475. The first kappa shape index (κ1) is 22.9. The van der Waals surface area contributed by atoms with Crippen LogP contribution in [0.5, 0.6) is 0 Å². The van der Waals surface area contributed by atoms with E-state index in [2.05, 4.69) is 117 Å². The maximum absolute atomic E-state index is 5.45. The molecule has 2 heteroatoms. The zero-order valence-electron chi connectivity index (χ0n) is 21.1. The van der Waals surface area contributed by atoms with Gasteiger partial charge in [0, 0.05) is 13.3 Å². The van der Waals surface area contributed by atoms with Gasteiger partial charge in [-0.2, -0.15) is 0 Å². The predicted octanol–water partition coefficient (Wildman–Crippen LogP) is 8.96. The quantitative estimate of drug-likeness (QED) is 0.352. The molecule has 0 saturated carbocycles. The van der Waals surface area contributed by atoms with E-state index in [9.17, 15) is 0 Å². The molecule has 1 heterocycles. The van der Waals surface area contributed by atoms with Crippen molar-refractivity contribution < 1.29 is 0 Å². The van der Waals surface area contributed by atoms with E-state index in [1.807, 2.05) is 0 Å². The van der Waals surface area contributed by atoms with Gasteiger partial charge in [0.25, 0.3) is 0 Å². The van der Waals surface area contributed by atoms with E-state index in [0.717, 1.165) is 5.69 Å². The van der Waals surface area contributed by atoms with Crippen molar-refractivity contribution in [1.82, 2.24) is 0 Å². The molecule has 32 heavy (non-hydrogen) atoms. The van der Waals surface area contributed by atoms with Crippen molar-refractivity contribution in [3.05, 3.63) is 82.2 Å². The van der Waals surface area contributed by atoms with Crippen LogP contribution in [0.4, 0.5) is 5.69 Å². The molecular formula is C30H36NP. The van der Waals surface area contributed by atoms with Gasteiger partial charge in [0.2, 0.25) is 0 Å². The fraction of sp³-hybridized carbons (Fsp3) is 0.367. The van der Waals surface area contributed by atoms with Crippen molar-refractivity contribution in [2.75, 3.05) is 0 Å². The number of benzene rings is 3. The highest BCUT2D eigenvalue weighted by Crippen LogP contribution is 2.68. The molecule has 1 atom stereocenters. The molecule has 0 N–H and O–H groups in total. The highest BCUT2D eigenvalue weighted by atomic mass is 31.1. The third kappa shape index (κ3) is 3.97. The predicted molar refractivity (Wildman–Crippen MR) is 144 cm³/mol. The Balaban J connectivity index is 2.04. The summed E-state index contributed by atoms with van der Waals surface area (Å²) in [6.45, 7) is 20.9. The standard InChI is InChI=1S/C30H36NP/c1-19-17-20(2)26(21(3)18-19)32-27(30(7,8)9)25(29(4,5)6)28(32)31-24-16-12-14-22-13-10-11-15-23(22)24/h10-18H,1-9H3. The van der Waals surface area contributed by atoms with Crippen LogP contribution in [-0.4, -0.2) is 5.45 Å². The van der Waals surface area contributed by atoms with Gasteiger partial charge in [0.15, 0.2) is 0 Å². The van der Waals surface area contributed by atoms with E-state index in [0.29, 0.717) is 0 Å². The Morgan fingerprint density at radius 1 is 0.719 bits per heavy atom. The van der Waals surface area contributed by atoms with Crippen molar-refractivity contribution in [3.8, 4) is 0 Å². The Kier molecular flexibility index (Phi) is 5.71. The molecule has 166 valence electrons. The summed E-state index contributed by atoms with van der Waals surface area (Å²) in [6.07, 6.45) is 0. The fourth-order valence-electron chi connectivity index (χ4n) is 5.05. The summed E-state index contributed by atoms with van der Waals surface area (Å²) in [5.74, 6) is 0. The normalized spacial score (nSPS) is 18.4. The molecule has 1 aliphatic heterocycles. The smallest absolute Gasteiger partial charge is 0.0766 e. The molecular weight excluding hydrogens is 405 g/mol. The third-order valence-electron chi connectivity index (χ3n) is 6.21. The van der Waals surface area contributed by atoms with Crippen molar-refractivity contribution in [1.29, 1.82) is 0 Å². The summed E-state index contributed by atoms with van der Waals surface area (Å²) in [6, 6.07) is 19.8. The lowest BCUT2D eigenvalue weighted by Crippen LogP contribution is -2.36. The molecule has 1 aliphatic rings. The summed E-state index contributed by atoms with van der Waals surface area (Å²) in [7, 11) is -0.615. The molecule has 0 bridgehead atoms. The topological polar surface area (TPSA) is 12.4 Å². The second-order valence-electron chi connectivity index (χ2n) is 11.2. The Hall–Kier alpha value is -2.24. The minimum absolute atomic E-state index is 0.0529. The molecule has 0 radical (unpaired) electrons. The number of fused-ring (bicyclic) bond motifs is 1. The summed E-state index contributed by atoms with van der Waals surface area (Å²) in [4.78, 5) is 5.45. The molecule has 0 aliphatic carbocycles. The molecule has 0 amide bonds. The third-order valence-corrected chi connectivity index (χ3v) is 9.45. The van der Waals surface area contributed by atoms with Crippen LogP contribution in [0.1, 0.15) is 58.2 Å². The maximum atomic E-state index is 5.45. The minimum atomic E-state index is -0.615. The van der Waals surface area contributed by atoms with Gasteiger partial charge in [-0.15, -0.1) is 0 Å². The Bertz CT molecular complexity index is 1230. The van der Waals surface area contributed by atoms with E-state index in [1.165, 1.54) is 43.8 Å². The van der Waals surface area contributed by atoms with Crippen molar-refractivity contribution in [2.24, 2.45) is 15.8 Å². The zero-order valence-corrected chi connectivity index (χ0v) is 22.0. The van der Waals surface area contributed by atoms with Crippen LogP contribution in [0, 0.1) is 31.6 Å². The molecule has 1 unspecified atom stereocenters. The second kappa shape index (κ2) is 7.96. The van der Waals surface area contributed by atoms with Gasteiger partial charge in [-0.25, -0.2) is 4.99 Å². The molecule has 3 aromatic rings. The van der Waals surface area contributed by atoms with E-state index >= 15 is 0 Å². The first-order chi connectivity index (χ1) is 14.9. The molecule has 0 aromatic heterocycles. The van der Waals surface area contributed by atoms with Crippen LogP contribution >= 0.6 is 7.92 Å². The van der Waals surface area contributed by atoms with Crippen LogP contribution in [0.15, 0.2) is 70.5 Å². The van der Waals surface area contributed by atoms with Gasteiger partial charge in [0.1, 0.15) is 0 Å². The van der Waals surface area contributed by atoms with Crippen molar-refractivity contribution >= 4 is 35.1 Å². The van der Waals surface area contributed by atoms with Gasteiger partial charge in [-0.1, -0.05) is 95.6 Å². The van der Waals surface area contributed by atoms with Crippen molar-refractivity contribution in [3.63, 3.8) is 0 Å². The molecule has 3 aromatic carbocycles. The van der Waals surface area contributed by atoms with E-state index in [-0.39, 0.29) is 10.8 Å². The highest BCUT2D eigenvalue weighted by Gasteiger charge is 2.48. The Labute approximate surface area is 195 Å². The molecule has 0 fully saturated rings. The van der Waals surface area contributed by atoms with Gasteiger partial charge in [-0.3, -0.25) is 0 Å². The zero-order chi connectivity index (χ0) is 23.4. The second-order valence-corrected chi connectivity index (χ2v) is 13.2. The van der Waals surface area contributed by atoms with Crippen LogP contribution < -0.4 is 5.30 Å². The lowest BCUT2D eigenvalue weighted by Gasteiger charge is -2.48. The fourth-order valence-corrected chi connectivity index (χ4v) is 8.58. The van der Waals surface area contributed by atoms with E-state index in [1.54, 1.807) is 5.31 Å². The number of rotatable bonds is 2. The average molecular weight is 442 g/mol. The lowest BCUT2D eigenvalue weighted by atomic mass is 9.80. The SMILES string of the molecule is Cc1cc(C)c(P2C(=Nc3cccc4ccccc34)C(C(C)(C)C)=C2C(C)(C)C)c(C)c1. The number of aliphatic imine (C=N–C) groups is 1. The van der Waals surface area contributed by atoms with Crippen LogP contribution in [-0.2, 0) is 0 Å². The molecule has 0 saturated heterocycles. The monoisotopic (exact) mass is 441 g/mol. The Morgan fingerprint density at radius 3 is 1.91 bits per heavy atom. The summed E-state index contributed by atoms with van der Waals surface area (Å²) >= 11 is 0. The molecule has 4 rings (SSSR count). The number of hydrogen-bond donors (Lipinski definition) is 0. The highest BCUT2D eigenvalue weighted by molar-refractivity contribution is 7.88. The first-order valence-electron chi connectivity index (χ1n) is 11.6. The Morgan fingerprint density at radius 2 is 1.31 bits per heavy atom. The number of aryl methyl sites for hydroxylation is 3. The maximum Gasteiger partial charge on any atom is 0.0766 e. The van der Waals surface area contributed by atoms with Crippen LogP contribution in [0.2, 0.25) is 0 Å². The summed E-state index contributed by atoms with van der Waals surface area (Å²) in [5.41, 5.74) is 8.15. The first-order valence-corrected chi connectivity index (χ1v) is 12.9. The minimum Gasteiger partial charge on any atom is -0.247 e. The number of allylic oxidation sites excluding steroid dienone is 2. The number of hydrogen-bond acceptors (Lipinski definition) is 1. The van der Waals surface area contributed by atoms with E-state index < -0.39 is 7.92 Å².